The van der Waals surface area contributed by atoms with Gasteiger partial charge in [-0.25, -0.2) is 4.98 Å². The molecule has 2 heterocycles. The Labute approximate surface area is 99.5 Å². The molecule has 0 atom stereocenters. The Balaban J connectivity index is 1.71. The predicted molar refractivity (Wildman–Crippen MR) is 65.7 cm³/mol. The van der Waals surface area contributed by atoms with Crippen molar-refractivity contribution < 1.29 is 4.42 Å². The molecule has 0 aliphatic carbocycles. The molecule has 0 amide bonds. The highest BCUT2D eigenvalue weighted by Crippen LogP contribution is 2.11. The van der Waals surface area contributed by atoms with Crippen LogP contribution in [0.25, 0.3) is 0 Å². The molecule has 0 bridgehead atoms. The second-order valence-electron chi connectivity index (χ2n) is 3.82. The Kier molecular flexibility index (Phi) is 3.74. The van der Waals surface area contributed by atoms with E-state index in [1.807, 2.05) is 12.3 Å². The lowest BCUT2D eigenvalue weighted by Crippen LogP contribution is -2.16. The van der Waals surface area contributed by atoms with Crippen molar-refractivity contribution in [2.45, 2.75) is 26.8 Å². The van der Waals surface area contributed by atoms with Gasteiger partial charge in [-0.1, -0.05) is 0 Å². The number of nitrogens with zero attached hydrogens (tertiary/aromatic N) is 1. The van der Waals surface area contributed by atoms with Gasteiger partial charge in [0.05, 0.1) is 17.8 Å². The first kappa shape index (κ1) is 11.4. The molecule has 86 valence electrons. The predicted octanol–water partition coefficient (Wildman–Crippen LogP) is 2.69. The highest BCUT2D eigenvalue weighted by molar-refractivity contribution is 7.11. The van der Waals surface area contributed by atoms with Gasteiger partial charge in [-0.15, -0.1) is 11.3 Å². The van der Waals surface area contributed by atoms with Crippen molar-refractivity contribution in [3.05, 3.63) is 39.7 Å². The van der Waals surface area contributed by atoms with Gasteiger partial charge in [0, 0.05) is 24.0 Å². The van der Waals surface area contributed by atoms with Gasteiger partial charge in [0.1, 0.15) is 5.76 Å². The highest BCUT2D eigenvalue weighted by atomic mass is 32.1. The number of thiazole rings is 1. The third-order valence-electron chi connectivity index (χ3n) is 2.44. The molecule has 2 aromatic heterocycles. The summed E-state index contributed by atoms with van der Waals surface area (Å²) in [6, 6.07) is 1.99. The van der Waals surface area contributed by atoms with Crippen LogP contribution < -0.4 is 5.32 Å². The van der Waals surface area contributed by atoms with Gasteiger partial charge >= 0.3 is 0 Å². The summed E-state index contributed by atoms with van der Waals surface area (Å²) in [4.78, 5) is 5.60. The molecule has 0 aliphatic rings. The van der Waals surface area contributed by atoms with Crippen molar-refractivity contribution in [2.75, 3.05) is 6.54 Å². The van der Waals surface area contributed by atoms with Gasteiger partial charge < -0.3 is 9.73 Å². The maximum Gasteiger partial charge on any atom is 0.120 e. The summed E-state index contributed by atoms with van der Waals surface area (Å²) in [7, 11) is 0. The number of rotatable bonds is 5. The second-order valence-corrected chi connectivity index (χ2v) is 5.14. The molecule has 16 heavy (non-hydrogen) atoms. The lowest BCUT2D eigenvalue weighted by atomic mass is 10.3. The normalized spacial score (nSPS) is 10.9. The Morgan fingerprint density at radius 2 is 2.31 bits per heavy atom. The van der Waals surface area contributed by atoms with E-state index >= 15 is 0 Å². The maximum absolute atomic E-state index is 5.35. The number of aryl methyl sites for hydroxylation is 2. The molecule has 0 fully saturated rings. The molecular formula is C12H16N2OS. The Bertz CT molecular complexity index is 447. The first-order valence-corrected chi connectivity index (χ1v) is 6.22. The smallest absolute Gasteiger partial charge is 0.120 e. The summed E-state index contributed by atoms with van der Waals surface area (Å²) in [5.74, 6) is 1.02. The number of furan rings is 1. The molecule has 0 saturated heterocycles. The SMILES string of the molecule is Cc1cnc(CCNCc2occc2C)s1. The van der Waals surface area contributed by atoms with Crippen LogP contribution in [0.1, 0.15) is 21.2 Å². The summed E-state index contributed by atoms with van der Waals surface area (Å²) in [5, 5.41) is 4.55. The van der Waals surface area contributed by atoms with Crippen molar-refractivity contribution >= 4 is 11.3 Å². The summed E-state index contributed by atoms with van der Waals surface area (Å²) in [5.41, 5.74) is 1.21. The van der Waals surface area contributed by atoms with E-state index in [1.54, 1.807) is 17.6 Å². The molecule has 0 saturated carbocycles. The fourth-order valence-electron chi connectivity index (χ4n) is 1.50. The molecule has 0 spiro atoms. The highest BCUT2D eigenvalue weighted by Gasteiger charge is 2.01. The zero-order valence-electron chi connectivity index (χ0n) is 9.62. The zero-order valence-corrected chi connectivity index (χ0v) is 10.4. The quantitative estimate of drug-likeness (QED) is 0.811. The molecule has 4 heteroatoms. The molecule has 0 unspecified atom stereocenters. The third kappa shape index (κ3) is 2.93. The fraction of sp³-hybridized carbons (Fsp3) is 0.417. The Morgan fingerprint density at radius 1 is 1.44 bits per heavy atom. The second kappa shape index (κ2) is 5.27. The standard InChI is InChI=1S/C12H16N2OS/c1-9-4-6-15-11(9)8-13-5-3-12-14-7-10(2)16-12/h4,6-7,13H,3,5,8H2,1-2H3. The van der Waals surface area contributed by atoms with E-state index in [-0.39, 0.29) is 0 Å². The fourth-order valence-corrected chi connectivity index (χ4v) is 2.29. The number of hydrogen-bond donors (Lipinski definition) is 1. The largest absolute Gasteiger partial charge is 0.468 e. The van der Waals surface area contributed by atoms with E-state index in [1.165, 1.54) is 15.4 Å². The van der Waals surface area contributed by atoms with Crippen LogP contribution in [0.2, 0.25) is 0 Å². The minimum Gasteiger partial charge on any atom is -0.468 e. The summed E-state index contributed by atoms with van der Waals surface area (Å²) >= 11 is 1.76. The molecule has 2 rings (SSSR count). The summed E-state index contributed by atoms with van der Waals surface area (Å²) < 4.78 is 5.35. The van der Waals surface area contributed by atoms with Gasteiger partial charge in [0.2, 0.25) is 0 Å². The molecule has 0 aromatic carbocycles. The van der Waals surface area contributed by atoms with Gasteiger partial charge in [0.25, 0.3) is 0 Å². The van der Waals surface area contributed by atoms with Crippen LogP contribution in [0.15, 0.2) is 22.9 Å². The van der Waals surface area contributed by atoms with Crippen molar-refractivity contribution in [3.63, 3.8) is 0 Å². The van der Waals surface area contributed by atoms with E-state index in [0.29, 0.717) is 0 Å². The average Bonchev–Trinajstić information content (AvgIpc) is 2.83. The zero-order chi connectivity index (χ0) is 11.4. The molecule has 3 nitrogen and oxygen atoms in total. The van der Waals surface area contributed by atoms with Gasteiger partial charge in [-0.3, -0.25) is 0 Å². The van der Waals surface area contributed by atoms with Crippen LogP contribution in [0.4, 0.5) is 0 Å². The van der Waals surface area contributed by atoms with Crippen molar-refractivity contribution in [1.82, 2.24) is 10.3 Å². The van der Waals surface area contributed by atoms with Crippen LogP contribution in [0, 0.1) is 13.8 Å². The number of nitrogens with one attached hydrogen (secondary N) is 1. The minimum absolute atomic E-state index is 0.795. The number of hydrogen-bond acceptors (Lipinski definition) is 4. The summed E-state index contributed by atoms with van der Waals surface area (Å²) in [6.45, 7) is 5.88. The maximum atomic E-state index is 5.35. The van der Waals surface area contributed by atoms with Crippen LogP contribution >= 0.6 is 11.3 Å². The van der Waals surface area contributed by atoms with E-state index in [4.69, 9.17) is 4.42 Å². The summed E-state index contributed by atoms with van der Waals surface area (Å²) in [6.07, 6.45) is 4.64. The first-order chi connectivity index (χ1) is 7.75. The molecular weight excluding hydrogens is 220 g/mol. The first-order valence-electron chi connectivity index (χ1n) is 5.40. The Morgan fingerprint density at radius 3 is 2.94 bits per heavy atom. The lowest BCUT2D eigenvalue weighted by molar-refractivity contribution is 0.481. The molecule has 0 aliphatic heterocycles. The van der Waals surface area contributed by atoms with Gasteiger partial charge in [0.15, 0.2) is 0 Å². The average molecular weight is 236 g/mol. The topological polar surface area (TPSA) is 38.1 Å². The van der Waals surface area contributed by atoms with Crippen molar-refractivity contribution in [1.29, 1.82) is 0 Å². The van der Waals surface area contributed by atoms with E-state index in [9.17, 15) is 0 Å². The molecule has 0 radical (unpaired) electrons. The van der Waals surface area contributed by atoms with Crippen molar-refractivity contribution in [3.8, 4) is 0 Å². The van der Waals surface area contributed by atoms with E-state index in [0.717, 1.165) is 25.3 Å². The van der Waals surface area contributed by atoms with Gasteiger partial charge in [-0.05, 0) is 25.5 Å². The van der Waals surface area contributed by atoms with Crippen LogP contribution in [0.5, 0.6) is 0 Å². The molecule has 2 aromatic rings. The number of aromatic nitrogens is 1. The Hall–Kier alpha value is -1.13. The van der Waals surface area contributed by atoms with Crippen molar-refractivity contribution in [2.24, 2.45) is 0 Å². The van der Waals surface area contributed by atoms with Crippen LogP contribution in [0.3, 0.4) is 0 Å². The van der Waals surface area contributed by atoms with Gasteiger partial charge in [-0.2, -0.15) is 0 Å². The van der Waals surface area contributed by atoms with Crippen LogP contribution in [-0.4, -0.2) is 11.5 Å². The van der Waals surface area contributed by atoms with E-state index in [2.05, 4.69) is 24.1 Å². The minimum atomic E-state index is 0.795. The van der Waals surface area contributed by atoms with E-state index < -0.39 is 0 Å². The van der Waals surface area contributed by atoms with Crippen LogP contribution in [-0.2, 0) is 13.0 Å². The third-order valence-corrected chi connectivity index (χ3v) is 3.41. The lowest BCUT2D eigenvalue weighted by Gasteiger charge is -2.01. The monoisotopic (exact) mass is 236 g/mol. The molecule has 1 N–H and O–H groups in total.